The van der Waals surface area contributed by atoms with Gasteiger partial charge >= 0.3 is 0 Å². The third-order valence-corrected chi connectivity index (χ3v) is 1.27. The van der Waals surface area contributed by atoms with Crippen LogP contribution in [0.2, 0.25) is 0 Å². The maximum absolute atomic E-state index is 5.54. The van der Waals surface area contributed by atoms with Crippen LogP contribution < -0.4 is 10.5 Å². The van der Waals surface area contributed by atoms with Crippen molar-refractivity contribution in [3.63, 3.8) is 0 Å². The van der Waals surface area contributed by atoms with Gasteiger partial charge in [-0.15, -0.1) is 12.4 Å². The Morgan fingerprint density at radius 1 is 1.43 bits per heavy atom. The molecule has 0 aliphatic rings. The number of ether oxygens (including phenoxy) is 1. The predicted octanol–water partition coefficient (Wildman–Crippen LogP) is 1.53. The van der Waals surface area contributed by atoms with E-state index < -0.39 is 0 Å². The third-order valence-electron chi connectivity index (χ3n) is 1.27. The number of hydrogen-bond donors (Lipinski definition) is 1. The van der Waals surface area contributed by atoms with E-state index in [2.05, 4.69) is 9.97 Å². The average Bonchev–Trinajstić information content (AvgIpc) is 2.01. The second kappa shape index (κ2) is 5.12. The van der Waals surface area contributed by atoms with Crippen LogP contribution in [-0.4, -0.2) is 15.6 Å². The minimum atomic E-state index is -0.236. The lowest BCUT2D eigenvalue weighted by Crippen LogP contribution is -2.23. The summed E-state index contributed by atoms with van der Waals surface area (Å²) >= 11 is 0. The zero-order valence-electron chi connectivity index (χ0n) is 8.65. The molecule has 1 rings (SSSR count). The van der Waals surface area contributed by atoms with Gasteiger partial charge in [0.2, 0.25) is 5.88 Å². The van der Waals surface area contributed by atoms with Gasteiger partial charge in [-0.25, -0.2) is 4.98 Å². The first-order valence-electron chi connectivity index (χ1n) is 4.22. The second-order valence-corrected chi connectivity index (χ2v) is 3.73. The van der Waals surface area contributed by atoms with Crippen molar-refractivity contribution in [2.24, 2.45) is 5.73 Å². The maximum atomic E-state index is 5.54. The lowest BCUT2D eigenvalue weighted by atomic mass is 10.2. The van der Waals surface area contributed by atoms with Crippen LogP contribution in [0.5, 0.6) is 5.88 Å². The molecular weight excluding hydrogens is 202 g/mol. The molecule has 0 spiro atoms. The van der Waals surface area contributed by atoms with Crippen LogP contribution in [0.15, 0.2) is 12.3 Å². The number of nitrogens with two attached hydrogens (primary N) is 1. The highest BCUT2D eigenvalue weighted by atomic mass is 35.5. The average molecular weight is 218 g/mol. The van der Waals surface area contributed by atoms with Crippen LogP contribution in [0.25, 0.3) is 0 Å². The van der Waals surface area contributed by atoms with Gasteiger partial charge in [0.1, 0.15) is 11.4 Å². The normalized spacial score (nSPS) is 10.6. The van der Waals surface area contributed by atoms with Crippen molar-refractivity contribution >= 4 is 12.4 Å². The number of hydrogen-bond acceptors (Lipinski definition) is 4. The summed E-state index contributed by atoms with van der Waals surface area (Å²) in [5.74, 6) is 1.17. The molecule has 0 aromatic carbocycles. The molecule has 0 unspecified atom stereocenters. The molecule has 1 aromatic rings. The Kier molecular flexibility index (Phi) is 4.80. The highest BCUT2D eigenvalue weighted by molar-refractivity contribution is 5.85. The van der Waals surface area contributed by atoms with E-state index in [-0.39, 0.29) is 18.0 Å². The van der Waals surface area contributed by atoms with Crippen LogP contribution in [0.3, 0.4) is 0 Å². The van der Waals surface area contributed by atoms with E-state index in [1.807, 2.05) is 20.8 Å². The van der Waals surface area contributed by atoms with Crippen LogP contribution in [0.4, 0.5) is 0 Å². The van der Waals surface area contributed by atoms with Gasteiger partial charge in [0.25, 0.3) is 0 Å². The van der Waals surface area contributed by atoms with Gasteiger partial charge in [-0.05, 0) is 20.8 Å². The molecule has 0 saturated carbocycles. The maximum Gasteiger partial charge on any atom is 0.217 e. The number of aromatic nitrogens is 2. The van der Waals surface area contributed by atoms with Crippen LogP contribution >= 0.6 is 12.4 Å². The van der Waals surface area contributed by atoms with Crippen molar-refractivity contribution in [3.8, 4) is 5.88 Å². The van der Waals surface area contributed by atoms with Gasteiger partial charge in [0.15, 0.2) is 0 Å². The van der Waals surface area contributed by atoms with Crippen LogP contribution in [0, 0.1) is 0 Å². The Balaban J connectivity index is 0.00000169. The zero-order valence-corrected chi connectivity index (χ0v) is 9.47. The Hall–Kier alpha value is -0.870. The van der Waals surface area contributed by atoms with Gasteiger partial charge in [0, 0.05) is 12.3 Å². The molecule has 0 aliphatic carbocycles. The van der Waals surface area contributed by atoms with Crippen molar-refractivity contribution in [3.05, 3.63) is 18.1 Å². The lowest BCUT2D eigenvalue weighted by molar-refractivity contribution is 0.123. The van der Waals surface area contributed by atoms with E-state index in [0.717, 1.165) is 0 Å². The Morgan fingerprint density at radius 3 is 2.57 bits per heavy atom. The molecule has 0 radical (unpaired) electrons. The molecule has 0 bridgehead atoms. The molecule has 14 heavy (non-hydrogen) atoms. The largest absolute Gasteiger partial charge is 0.472 e. The van der Waals surface area contributed by atoms with Crippen molar-refractivity contribution < 1.29 is 4.74 Å². The van der Waals surface area contributed by atoms with E-state index in [9.17, 15) is 0 Å². The monoisotopic (exact) mass is 217 g/mol. The first kappa shape index (κ1) is 13.1. The van der Waals surface area contributed by atoms with Gasteiger partial charge in [-0.3, -0.25) is 0 Å². The molecule has 1 aromatic heterocycles. The molecule has 5 heteroatoms. The standard InChI is InChI=1S/C9H15N3O.ClH/c1-9(2,3)13-8-4-5-11-7(6-10)12-8;/h4-5H,6,10H2,1-3H3;1H. The van der Waals surface area contributed by atoms with Gasteiger partial charge in [0.05, 0.1) is 6.54 Å². The third kappa shape index (κ3) is 4.39. The minimum Gasteiger partial charge on any atom is -0.472 e. The fourth-order valence-electron chi connectivity index (χ4n) is 0.849. The first-order chi connectivity index (χ1) is 6.01. The van der Waals surface area contributed by atoms with E-state index in [0.29, 0.717) is 18.2 Å². The van der Waals surface area contributed by atoms with Crippen LogP contribution in [0.1, 0.15) is 26.6 Å². The van der Waals surface area contributed by atoms with Gasteiger partial charge in [-0.1, -0.05) is 0 Å². The summed E-state index contributed by atoms with van der Waals surface area (Å²) < 4.78 is 5.54. The molecule has 1 heterocycles. The fraction of sp³-hybridized carbons (Fsp3) is 0.556. The van der Waals surface area contributed by atoms with E-state index in [4.69, 9.17) is 10.5 Å². The fourth-order valence-corrected chi connectivity index (χ4v) is 0.849. The number of halogens is 1. The highest BCUT2D eigenvalue weighted by Crippen LogP contribution is 2.13. The van der Waals surface area contributed by atoms with E-state index in [1.54, 1.807) is 12.3 Å². The molecule has 2 N–H and O–H groups in total. The van der Waals surface area contributed by atoms with Gasteiger partial charge < -0.3 is 10.5 Å². The quantitative estimate of drug-likeness (QED) is 0.816. The SMILES string of the molecule is CC(C)(C)Oc1ccnc(CN)n1.Cl. The Bertz CT molecular complexity index is 286. The van der Waals surface area contributed by atoms with Crippen molar-refractivity contribution in [1.29, 1.82) is 0 Å². The molecule has 4 nitrogen and oxygen atoms in total. The van der Waals surface area contributed by atoms with Crippen LogP contribution in [-0.2, 0) is 6.54 Å². The van der Waals surface area contributed by atoms with E-state index >= 15 is 0 Å². The molecule has 0 aliphatic heterocycles. The Morgan fingerprint density at radius 2 is 2.07 bits per heavy atom. The Labute approximate surface area is 90.3 Å². The molecule has 0 atom stereocenters. The van der Waals surface area contributed by atoms with Crippen molar-refractivity contribution in [2.75, 3.05) is 0 Å². The highest BCUT2D eigenvalue weighted by Gasteiger charge is 2.12. The summed E-state index contributed by atoms with van der Waals surface area (Å²) in [7, 11) is 0. The topological polar surface area (TPSA) is 61.0 Å². The van der Waals surface area contributed by atoms with E-state index in [1.165, 1.54) is 0 Å². The lowest BCUT2D eigenvalue weighted by Gasteiger charge is -2.20. The predicted molar refractivity (Wildman–Crippen MR) is 57.6 cm³/mol. The van der Waals surface area contributed by atoms with Gasteiger partial charge in [-0.2, -0.15) is 4.98 Å². The molecule has 0 saturated heterocycles. The molecule has 0 amide bonds. The smallest absolute Gasteiger partial charge is 0.217 e. The zero-order chi connectivity index (χ0) is 9.90. The summed E-state index contributed by atoms with van der Waals surface area (Å²) in [6.07, 6.45) is 1.65. The van der Waals surface area contributed by atoms with Crippen molar-refractivity contribution in [1.82, 2.24) is 9.97 Å². The number of nitrogens with zero attached hydrogens (tertiary/aromatic N) is 2. The summed E-state index contributed by atoms with van der Waals surface area (Å²) in [6.45, 7) is 6.24. The number of rotatable bonds is 2. The molecule has 0 fully saturated rings. The summed E-state index contributed by atoms with van der Waals surface area (Å²) in [5, 5.41) is 0. The van der Waals surface area contributed by atoms with Crippen molar-refractivity contribution in [2.45, 2.75) is 32.9 Å². The molecule has 80 valence electrons. The summed E-state index contributed by atoms with van der Waals surface area (Å²) in [6, 6.07) is 1.73. The summed E-state index contributed by atoms with van der Waals surface area (Å²) in [5.41, 5.74) is 5.17. The minimum absolute atomic E-state index is 0. The summed E-state index contributed by atoms with van der Waals surface area (Å²) in [4.78, 5) is 8.09. The molecular formula is C9H16ClN3O. The first-order valence-corrected chi connectivity index (χ1v) is 4.22. The second-order valence-electron chi connectivity index (χ2n) is 3.73.